The van der Waals surface area contributed by atoms with Gasteiger partial charge in [-0.05, 0) is 42.9 Å². The van der Waals surface area contributed by atoms with E-state index in [1.807, 2.05) is 12.4 Å². The molecule has 1 aliphatic carbocycles. The number of hydrogen-bond acceptors (Lipinski definition) is 3. The Bertz CT molecular complexity index is 334. The van der Waals surface area contributed by atoms with E-state index in [-0.39, 0.29) is 5.54 Å². The maximum Gasteiger partial charge on any atom is 0.0730 e. The molecule has 0 atom stereocenters. The number of aryl methyl sites for hydroxylation is 1. The third-order valence-corrected chi connectivity index (χ3v) is 3.09. The molecule has 0 aromatic carbocycles. The van der Waals surface area contributed by atoms with E-state index in [2.05, 4.69) is 11.1 Å². The van der Waals surface area contributed by atoms with Crippen LogP contribution in [-0.4, -0.2) is 17.6 Å². The van der Waals surface area contributed by atoms with Crippen molar-refractivity contribution >= 4 is 0 Å². The Morgan fingerprint density at radius 1 is 1.47 bits per heavy atom. The second-order valence-corrected chi connectivity index (χ2v) is 4.44. The zero-order valence-corrected chi connectivity index (χ0v) is 9.20. The van der Waals surface area contributed by atoms with Crippen LogP contribution in [0.4, 0.5) is 0 Å². The predicted molar refractivity (Wildman–Crippen MR) is 59.4 cm³/mol. The van der Waals surface area contributed by atoms with Crippen molar-refractivity contribution < 1.29 is 4.74 Å². The lowest BCUT2D eigenvalue weighted by Crippen LogP contribution is -2.22. The average molecular weight is 206 g/mol. The van der Waals surface area contributed by atoms with Gasteiger partial charge in [0, 0.05) is 25.0 Å². The molecule has 0 radical (unpaired) electrons. The molecular formula is C12H18N2O. The normalized spacial score (nSPS) is 17.7. The van der Waals surface area contributed by atoms with Crippen LogP contribution in [0.1, 0.15) is 30.4 Å². The number of nitrogens with two attached hydrogens (primary N) is 1. The van der Waals surface area contributed by atoms with Crippen LogP contribution in [0, 0.1) is 0 Å². The van der Waals surface area contributed by atoms with E-state index in [1.165, 1.54) is 24.0 Å². The minimum absolute atomic E-state index is 0.133. The Labute approximate surface area is 90.7 Å². The molecule has 1 heterocycles. The summed E-state index contributed by atoms with van der Waals surface area (Å²) < 4.78 is 5.14. The van der Waals surface area contributed by atoms with Crippen molar-refractivity contribution in [2.45, 2.75) is 37.8 Å². The zero-order chi connectivity index (χ0) is 10.7. The number of aromatic nitrogens is 1. The van der Waals surface area contributed by atoms with Gasteiger partial charge in [-0.1, -0.05) is 0 Å². The molecule has 1 aromatic rings. The fourth-order valence-electron chi connectivity index (χ4n) is 1.78. The Morgan fingerprint density at radius 3 is 2.93 bits per heavy atom. The summed E-state index contributed by atoms with van der Waals surface area (Å²) in [6.07, 6.45) is 8.19. The van der Waals surface area contributed by atoms with Crippen molar-refractivity contribution in [2.24, 2.45) is 5.73 Å². The van der Waals surface area contributed by atoms with Gasteiger partial charge in [-0.15, -0.1) is 0 Å². The molecule has 0 saturated heterocycles. The summed E-state index contributed by atoms with van der Waals surface area (Å²) in [5.41, 5.74) is 8.71. The minimum Gasteiger partial charge on any atom is -0.380 e. The molecule has 1 fully saturated rings. The molecule has 82 valence electrons. The van der Waals surface area contributed by atoms with Crippen LogP contribution in [-0.2, 0) is 17.8 Å². The van der Waals surface area contributed by atoms with E-state index in [0.29, 0.717) is 6.61 Å². The van der Waals surface area contributed by atoms with Crippen LogP contribution in [0.25, 0.3) is 0 Å². The lowest BCUT2D eigenvalue weighted by molar-refractivity contribution is 0.183. The molecule has 3 heteroatoms. The van der Waals surface area contributed by atoms with Gasteiger partial charge in [0.25, 0.3) is 0 Å². The lowest BCUT2D eigenvalue weighted by Gasteiger charge is -2.11. The van der Waals surface area contributed by atoms with Crippen molar-refractivity contribution in [3.05, 3.63) is 29.6 Å². The first-order valence-corrected chi connectivity index (χ1v) is 5.43. The highest BCUT2D eigenvalue weighted by Gasteiger charge is 2.37. The summed E-state index contributed by atoms with van der Waals surface area (Å²) in [5, 5.41) is 0. The average Bonchev–Trinajstić information content (AvgIpc) is 2.97. The SMILES string of the molecule is COCc1cnccc1CCC1(N)CC1. The Morgan fingerprint density at radius 2 is 2.27 bits per heavy atom. The first-order chi connectivity index (χ1) is 7.23. The molecule has 2 N–H and O–H groups in total. The molecule has 1 aromatic heterocycles. The summed E-state index contributed by atoms with van der Waals surface area (Å²) in [6.45, 7) is 0.640. The highest BCUT2D eigenvalue weighted by atomic mass is 16.5. The summed E-state index contributed by atoms with van der Waals surface area (Å²) in [7, 11) is 1.71. The van der Waals surface area contributed by atoms with Crippen molar-refractivity contribution in [1.29, 1.82) is 0 Å². The van der Waals surface area contributed by atoms with E-state index in [0.717, 1.165) is 12.8 Å². The first-order valence-electron chi connectivity index (χ1n) is 5.43. The zero-order valence-electron chi connectivity index (χ0n) is 9.20. The lowest BCUT2D eigenvalue weighted by atomic mass is 10.0. The molecule has 0 amide bonds. The summed E-state index contributed by atoms with van der Waals surface area (Å²) in [5.74, 6) is 0. The monoisotopic (exact) mass is 206 g/mol. The number of nitrogens with zero attached hydrogens (tertiary/aromatic N) is 1. The molecule has 0 unspecified atom stereocenters. The molecule has 0 spiro atoms. The standard InChI is InChI=1S/C12H18N2O/c1-15-9-11-8-14-7-3-10(11)2-4-12(13)5-6-12/h3,7-8H,2,4-6,9,13H2,1H3. The van der Waals surface area contributed by atoms with Gasteiger partial charge in [-0.25, -0.2) is 0 Å². The van der Waals surface area contributed by atoms with Crippen molar-refractivity contribution in [3.63, 3.8) is 0 Å². The topological polar surface area (TPSA) is 48.1 Å². The first kappa shape index (κ1) is 10.6. The minimum atomic E-state index is 0.133. The highest BCUT2D eigenvalue weighted by molar-refractivity contribution is 5.23. The van der Waals surface area contributed by atoms with Gasteiger partial charge >= 0.3 is 0 Å². The quantitative estimate of drug-likeness (QED) is 0.797. The fraction of sp³-hybridized carbons (Fsp3) is 0.583. The van der Waals surface area contributed by atoms with Gasteiger partial charge < -0.3 is 10.5 Å². The summed E-state index contributed by atoms with van der Waals surface area (Å²) >= 11 is 0. The molecule has 2 rings (SSSR count). The predicted octanol–water partition coefficient (Wildman–Crippen LogP) is 1.65. The van der Waals surface area contributed by atoms with Gasteiger partial charge in [0.1, 0.15) is 0 Å². The third kappa shape index (κ3) is 2.76. The summed E-state index contributed by atoms with van der Waals surface area (Å²) in [6, 6.07) is 2.07. The van der Waals surface area contributed by atoms with Crippen LogP contribution >= 0.6 is 0 Å². The Kier molecular flexibility index (Phi) is 3.03. The van der Waals surface area contributed by atoms with Crippen molar-refractivity contribution in [1.82, 2.24) is 4.98 Å². The second-order valence-electron chi connectivity index (χ2n) is 4.44. The highest BCUT2D eigenvalue weighted by Crippen LogP contribution is 2.36. The number of methoxy groups -OCH3 is 1. The second kappa shape index (κ2) is 4.29. The van der Waals surface area contributed by atoms with Crippen LogP contribution in [0.3, 0.4) is 0 Å². The fourth-order valence-corrected chi connectivity index (χ4v) is 1.78. The summed E-state index contributed by atoms with van der Waals surface area (Å²) in [4.78, 5) is 4.11. The molecule has 0 bridgehead atoms. The van der Waals surface area contributed by atoms with E-state index in [9.17, 15) is 0 Å². The smallest absolute Gasteiger partial charge is 0.0730 e. The van der Waals surface area contributed by atoms with Crippen LogP contribution in [0.15, 0.2) is 18.5 Å². The van der Waals surface area contributed by atoms with Crippen LogP contribution in [0.5, 0.6) is 0 Å². The van der Waals surface area contributed by atoms with Gasteiger partial charge in [-0.3, -0.25) is 4.98 Å². The van der Waals surface area contributed by atoms with Crippen LogP contribution in [0.2, 0.25) is 0 Å². The number of pyridine rings is 1. The molecule has 3 nitrogen and oxygen atoms in total. The Hall–Kier alpha value is -0.930. The molecule has 1 aliphatic rings. The molecule has 0 aliphatic heterocycles. The number of rotatable bonds is 5. The van der Waals surface area contributed by atoms with Crippen molar-refractivity contribution in [3.8, 4) is 0 Å². The van der Waals surface area contributed by atoms with Gasteiger partial charge in [-0.2, -0.15) is 0 Å². The third-order valence-electron chi connectivity index (χ3n) is 3.09. The van der Waals surface area contributed by atoms with Crippen molar-refractivity contribution in [2.75, 3.05) is 7.11 Å². The van der Waals surface area contributed by atoms with Gasteiger partial charge in [0.2, 0.25) is 0 Å². The van der Waals surface area contributed by atoms with Gasteiger partial charge in [0.05, 0.1) is 6.61 Å². The largest absolute Gasteiger partial charge is 0.380 e. The maximum absolute atomic E-state index is 6.07. The van der Waals surface area contributed by atoms with Crippen LogP contribution < -0.4 is 5.73 Å². The molecule has 1 saturated carbocycles. The van der Waals surface area contributed by atoms with E-state index < -0.39 is 0 Å². The van der Waals surface area contributed by atoms with Gasteiger partial charge in [0.15, 0.2) is 0 Å². The maximum atomic E-state index is 6.07. The molecule has 15 heavy (non-hydrogen) atoms. The van der Waals surface area contributed by atoms with E-state index in [1.54, 1.807) is 7.11 Å². The van der Waals surface area contributed by atoms with E-state index in [4.69, 9.17) is 10.5 Å². The number of ether oxygens (including phenoxy) is 1. The Balaban J connectivity index is 1.99. The van der Waals surface area contributed by atoms with E-state index >= 15 is 0 Å². The number of hydrogen-bond donors (Lipinski definition) is 1. The molecular weight excluding hydrogens is 188 g/mol.